The van der Waals surface area contributed by atoms with Crippen molar-refractivity contribution in [3.8, 4) is 0 Å². The van der Waals surface area contributed by atoms with Gasteiger partial charge in [-0.2, -0.15) is 0 Å². The topological polar surface area (TPSA) is 49.4 Å². The van der Waals surface area contributed by atoms with E-state index >= 15 is 0 Å². The molecule has 1 saturated heterocycles. The van der Waals surface area contributed by atoms with Crippen LogP contribution in [0.15, 0.2) is 29.2 Å². The third kappa shape index (κ3) is 3.73. The lowest BCUT2D eigenvalue weighted by molar-refractivity contribution is -0.143. The minimum atomic E-state index is -0.542. The van der Waals surface area contributed by atoms with Gasteiger partial charge in [0, 0.05) is 23.7 Å². The van der Waals surface area contributed by atoms with Crippen LogP contribution in [0.3, 0.4) is 0 Å². The predicted octanol–water partition coefficient (Wildman–Crippen LogP) is 2.36. The Morgan fingerprint density at radius 1 is 1.21 bits per heavy atom. The van der Waals surface area contributed by atoms with Crippen molar-refractivity contribution >= 4 is 29.3 Å². The molecule has 0 bridgehead atoms. The van der Waals surface area contributed by atoms with E-state index < -0.39 is 11.8 Å². The predicted molar refractivity (Wildman–Crippen MR) is 77.3 cm³/mol. The number of rotatable bonds is 2. The molecule has 102 valence electrons. The maximum Gasteiger partial charge on any atom is 0.313 e. The zero-order valence-corrected chi connectivity index (χ0v) is 11.8. The molecule has 4 nitrogen and oxygen atoms in total. The van der Waals surface area contributed by atoms with Gasteiger partial charge in [-0.3, -0.25) is 9.59 Å². The summed E-state index contributed by atoms with van der Waals surface area (Å²) in [5.41, 5.74) is 0.669. The van der Waals surface area contributed by atoms with Crippen LogP contribution in [0.25, 0.3) is 0 Å². The second-order valence-electron chi connectivity index (χ2n) is 4.54. The average molecular weight is 278 g/mol. The zero-order valence-electron chi connectivity index (χ0n) is 11.0. The summed E-state index contributed by atoms with van der Waals surface area (Å²) in [6.07, 6.45) is 5.09. The summed E-state index contributed by atoms with van der Waals surface area (Å²) in [5, 5.41) is 2.67. The van der Waals surface area contributed by atoms with Crippen molar-refractivity contribution in [1.82, 2.24) is 4.90 Å². The second kappa shape index (κ2) is 6.61. The van der Waals surface area contributed by atoms with Crippen molar-refractivity contribution in [1.29, 1.82) is 0 Å². The van der Waals surface area contributed by atoms with Gasteiger partial charge in [-0.1, -0.05) is 6.07 Å². The molecule has 0 aromatic heterocycles. The molecular weight excluding hydrogens is 260 g/mol. The lowest BCUT2D eigenvalue weighted by Gasteiger charge is -2.25. The summed E-state index contributed by atoms with van der Waals surface area (Å²) >= 11 is 1.60. The maximum absolute atomic E-state index is 12.0. The number of piperidine rings is 1. The van der Waals surface area contributed by atoms with Crippen LogP contribution < -0.4 is 5.32 Å². The van der Waals surface area contributed by atoms with Gasteiger partial charge in [0.2, 0.25) is 0 Å². The molecule has 0 spiro atoms. The molecule has 0 atom stereocenters. The summed E-state index contributed by atoms with van der Waals surface area (Å²) in [6, 6.07) is 7.49. The van der Waals surface area contributed by atoms with E-state index in [4.69, 9.17) is 0 Å². The van der Waals surface area contributed by atoms with Crippen molar-refractivity contribution in [2.45, 2.75) is 24.2 Å². The summed E-state index contributed by atoms with van der Waals surface area (Å²) < 4.78 is 0. The molecular formula is C14H18N2O2S. The molecule has 2 rings (SSSR count). The standard InChI is InChI=1S/C14H18N2O2S/c1-19-12-7-5-6-11(10-12)15-13(17)14(18)16-8-3-2-4-9-16/h5-7,10H,2-4,8-9H2,1H3,(H,15,17). The largest absolute Gasteiger partial charge is 0.334 e. The number of likely N-dealkylation sites (tertiary alicyclic amines) is 1. The van der Waals surface area contributed by atoms with Crippen LogP contribution in [0.4, 0.5) is 5.69 Å². The van der Waals surface area contributed by atoms with E-state index in [0.29, 0.717) is 18.8 Å². The Kier molecular flexibility index (Phi) is 4.85. The van der Waals surface area contributed by atoms with Gasteiger partial charge in [-0.05, 0) is 43.7 Å². The molecule has 2 amide bonds. The van der Waals surface area contributed by atoms with Crippen LogP contribution >= 0.6 is 11.8 Å². The molecule has 1 fully saturated rings. The highest BCUT2D eigenvalue weighted by Crippen LogP contribution is 2.19. The highest BCUT2D eigenvalue weighted by Gasteiger charge is 2.23. The van der Waals surface area contributed by atoms with Gasteiger partial charge in [-0.25, -0.2) is 0 Å². The Bertz CT molecular complexity index is 470. The van der Waals surface area contributed by atoms with Crippen LogP contribution in [0.2, 0.25) is 0 Å². The fourth-order valence-corrected chi connectivity index (χ4v) is 2.59. The monoisotopic (exact) mass is 278 g/mol. The van der Waals surface area contributed by atoms with E-state index in [0.717, 1.165) is 24.2 Å². The Labute approximate surface area is 117 Å². The number of carbonyl (C=O) groups is 2. The number of carbonyl (C=O) groups excluding carboxylic acids is 2. The SMILES string of the molecule is CSc1cccc(NC(=O)C(=O)N2CCCCC2)c1. The van der Waals surface area contributed by atoms with Crippen molar-refractivity contribution in [3.63, 3.8) is 0 Å². The second-order valence-corrected chi connectivity index (χ2v) is 5.42. The number of benzene rings is 1. The molecule has 1 aliphatic rings. The fourth-order valence-electron chi connectivity index (χ4n) is 2.13. The zero-order chi connectivity index (χ0) is 13.7. The molecule has 1 heterocycles. The van der Waals surface area contributed by atoms with Gasteiger partial charge in [0.05, 0.1) is 0 Å². The van der Waals surface area contributed by atoms with E-state index in [2.05, 4.69) is 5.32 Å². The van der Waals surface area contributed by atoms with Gasteiger partial charge in [0.25, 0.3) is 0 Å². The highest BCUT2D eigenvalue weighted by molar-refractivity contribution is 7.98. The molecule has 1 N–H and O–H groups in total. The first-order chi connectivity index (χ1) is 9.20. The quantitative estimate of drug-likeness (QED) is 0.667. The van der Waals surface area contributed by atoms with Crippen molar-refractivity contribution in [2.24, 2.45) is 0 Å². The van der Waals surface area contributed by atoms with E-state index in [1.165, 1.54) is 0 Å². The van der Waals surface area contributed by atoms with E-state index in [9.17, 15) is 9.59 Å². The maximum atomic E-state index is 12.0. The minimum absolute atomic E-state index is 0.422. The summed E-state index contributed by atoms with van der Waals surface area (Å²) in [5.74, 6) is -0.964. The number of hydrogen-bond acceptors (Lipinski definition) is 3. The molecule has 19 heavy (non-hydrogen) atoms. The Morgan fingerprint density at radius 2 is 1.95 bits per heavy atom. The van der Waals surface area contributed by atoms with Crippen LogP contribution in [0.5, 0.6) is 0 Å². The third-order valence-corrected chi connectivity index (χ3v) is 3.89. The van der Waals surface area contributed by atoms with Gasteiger partial charge in [0.15, 0.2) is 0 Å². The van der Waals surface area contributed by atoms with E-state index in [1.807, 2.05) is 24.5 Å². The van der Waals surface area contributed by atoms with Crippen molar-refractivity contribution in [3.05, 3.63) is 24.3 Å². The number of amides is 2. The third-order valence-electron chi connectivity index (χ3n) is 3.17. The molecule has 5 heteroatoms. The van der Waals surface area contributed by atoms with E-state index in [-0.39, 0.29) is 0 Å². The van der Waals surface area contributed by atoms with Gasteiger partial charge >= 0.3 is 11.8 Å². The number of hydrogen-bond donors (Lipinski definition) is 1. The lowest BCUT2D eigenvalue weighted by Crippen LogP contribution is -2.42. The first kappa shape index (κ1) is 13.9. The van der Waals surface area contributed by atoms with Crippen molar-refractivity contribution in [2.75, 3.05) is 24.7 Å². The Balaban J connectivity index is 1.97. The van der Waals surface area contributed by atoms with Gasteiger partial charge < -0.3 is 10.2 Å². The molecule has 1 aromatic rings. The molecule has 0 aliphatic carbocycles. The normalized spacial score (nSPS) is 15.1. The first-order valence-corrected chi connectivity index (χ1v) is 7.67. The first-order valence-electron chi connectivity index (χ1n) is 6.45. The average Bonchev–Trinajstić information content (AvgIpc) is 2.47. The van der Waals surface area contributed by atoms with Crippen molar-refractivity contribution < 1.29 is 9.59 Å². The summed E-state index contributed by atoms with van der Waals surface area (Å²) in [7, 11) is 0. The molecule has 1 aromatic carbocycles. The molecule has 0 saturated carbocycles. The van der Waals surface area contributed by atoms with Crippen LogP contribution in [-0.4, -0.2) is 36.1 Å². The minimum Gasteiger partial charge on any atom is -0.334 e. The number of nitrogens with zero attached hydrogens (tertiary/aromatic N) is 1. The highest BCUT2D eigenvalue weighted by atomic mass is 32.2. The van der Waals surface area contributed by atoms with Gasteiger partial charge in [-0.15, -0.1) is 11.8 Å². The molecule has 1 aliphatic heterocycles. The van der Waals surface area contributed by atoms with Gasteiger partial charge in [0.1, 0.15) is 0 Å². The molecule has 0 unspecified atom stereocenters. The summed E-state index contributed by atoms with van der Waals surface area (Å²) in [6.45, 7) is 1.38. The van der Waals surface area contributed by atoms with Crippen LogP contribution in [0, 0.1) is 0 Å². The van der Waals surface area contributed by atoms with Crippen LogP contribution in [0.1, 0.15) is 19.3 Å². The number of anilines is 1. The number of thioether (sulfide) groups is 1. The Morgan fingerprint density at radius 3 is 2.63 bits per heavy atom. The van der Waals surface area contributed by atoms with Crippen LogP contribution in [-0.2, 0) is 9.59 Å². The fraction of sp³-hybridized carbons (Fsp3) is 0.429. The lowest BCUT2D eigenvalue weighted by atomic mass is 10.1. The summed E-state index contributed by atoms with van der Waals surface area (Å²) in [4.78, 5) is 26.6. The molecule has 0 radical (unpaired) electrons. The van der Waals surface area contributed by atoms with E-state index in [1.54, 1.807) is 22.7 Å². The smallest absolute Gasteiger partial charge is 0.313 e. The number of nitrogens with one attached hydrogen (secondary N) is 1. The Hall–Kier alpha value is -1.49.